The molecular weight excluding hydrogens is 228 g/mol. The van der Waals surface area contributed by atoms with E-state index in [4.69, 9.17) is 10.5 Å². The van der Waals surface area contributed by atoms with E-state index in [9.17, 15) is 9.59 Å². The van der Waals surface area contributed by atoms with Crippen molar-refractivity contribution < 1.29 is 14.3 Å². The summed E-state index contributed by atoms with van der Waals surface area (Å²) in [4.78, 5) is 24.7. The lowest BCUT2D eigenvalue weighted by Gasteiger charge is -2.13. The number of likely N-dealkylation sites (N-methyl/N-ethyl adjacent to an activating group) is 1. The number of rotatable bonds is 4. The van der Waals surface area contributed by atoms with E-state index >= 15 is 0 Å². The van der Waals surface area contributed by atoms with Gasteiger partial charge in [-0.3, -0.25) is 4.79 Å². The van der Waals surface area contributed by atoms with Crippen molar-refractivity contribution in [1.29, 1.82) is 0 Å². The molecule has 0 radical (unpaired) electrons. The van der Waals surface area contributed by atoms with Gasteiger partial charge in [0.15, 0.2) is 6.61 Å². The van der Waals surface area contributed by atoms with Crippen LogP contribution in [0.4, 0.5) is 5.69 Å². The fraction of sp³-hybridized carbons (Fsp3) is 0.400. The molecule has 6 heteroatoms. The quantitative estimate of drug-likeness (QED) is 0.798. The standard InChI is InChI=1S/C10H14N2O3S/c1-3-12(2)8(13)6-15-10(14)9-7(11)4-5-16-9/h4-5H,3,6,11H2,1-2H3. The van der Waals surface area contributed by atoms with E-state index in [1.807, 2.05) is 6.92 Å². The van der Waals surface area contributed by atoms with Gasteiger partial charge in [0.2, 0.25) is 0 Å². The van der Waals surface area contributed by atoms with Gasteiger partial charge in [-0.2, -0.15) is 0 Å². The Hall–Kier alpha value is -1.56. The maximum absolute atomic E-state index is 11.5. The zero-order valence-corrected chi connectivity index (χ0v) is 10.0. The van der Waals surface area contributed by atoms with Gasteiger partial charge >= 0.3 is 5.97 Å². The smallest absolute Gasteiger partial charge is 0.350 e. The van der Waals surface area contributed by atoms with Crippen LogP contribution in [0, 0.1) is 0 Å². The van der Waals surface area contributed by atoms with Crippen LogP contribution in [0.15, 0.2) is 11.4 Å². The number of hydrogen-bond donors (Lipinski definition) is 1. The average Bonchev–Trinajstić information content (AvgIpc) is 2.70. The summed E-state index contributed by atoms with van der Waals surface area (Å²) < 4.78 is 4.85. The first-order valence-electron chi connectivity index (χ1n) is 4.80. The Morgan fingerprint density at radius 2 is 2.25 bits per heavy atom. The van der Waals surface area contributed by atoms with Crippen LogP contribution in [0.2, 0.25) is 0 Å². The molecule has 0 fully saturated rings. The van der Waals surface area contributed by atoms with E-state index in [1.165, 1.54) is 16.2 Å². The van der Waals surface area contributed by atoms with E-state index in [0.717, 1.165) is 0 Å². The lowest BCUT2D eigenvalue weighted by molar-refractivity contribution is -0.133. The van der Waals surface area contributed by atoms with Crippen molar-refractivity contribution in [3.63, 3.8) is 0 Å². The minimum Gasteiger partial charge on any atom is -0.451 e. The third kappa shape index (κ3) is 2.96. The van der Waals surface area contributed by atoms with E-state index in [-0.39, 0.29) is 12.5 Å². The zero-order valence-electron chi connectivity index (χ0n) is 9.23. The number of anilines is 1. The third-order valence-corrected chi connectivity index (χ3v) is 3.02. The molecule has 1 aromatic rings. The molecule has 0 aliphatic rings. The average molecular weight is 242 g/mol. The highest BCUT2D eigenvalue weighted by molar-refractivity contribution is 7.12. The highest BCUT2D eigenvalue weighted by atomic mass is 32.1. The summed E-state index contributed by atoms with van der Waals surface area (Å²) in [6.07, 6.45) is 0. The Balaban J connectivity index is 2.48. The Morgan fingerprint density at radius 3 is 2.75 bits per heavy atom. The highest BCUT2D eigenvalue weighted by Gasteiger charge is 2.15. The summed E-state index contributed by atoms with van der Waals surface area (Å²) in [7, 11) is 1.65. The molecule has 2 N–H and O–H groups in total. The van der Waals surface area contributed by atoms with Crippen molar-refractivity contribution in [3.8, 4) is 0 Å². The minimum absolute atomic E-state index is 0.231. The molecule has 88 valence electrons. The van der Waals surface area contributed by atoms with Crippen LogP contribution in [0.5, 0.6) is 0 Å². The molecule has 16 heavy (non-hydrogen) atoms. The van der Waals surface area contributed by atoms with Crippen LogP contribution in [-0.4, -0.2) is 37.0 Å². The number of thiophene rings is 1. The van der Waals surface area contributed by atoms with E-state index < -0.39 is 5.97 Å². The second-order valence-electron chi connectivity index (χ2n) is 3.19. The van der Waals surface area contributed by atoms with Gasteiger partial charge in [-0.25, -0.2) is 4.79 Å². The summed E-state index contributed by atoms with van der Waals surface area (Å²) in [6, 6.07) is 1.63. The molecule has 1 aromatic heterocycles. The lowest BCUT2D eigenvalue weighted by Crippen LogP contribution is -2.30. The number of esters is 1. The fourth-order valence-electron chi connectivity index (χ4n) is 0.964. The molecule has 0 unspecified atom stereocenters. The Morgan fingerprint density at radius 1 is 1.56 bits per heavy atom. The van der Waals surface area contributed by atoms with E-state index in [2.05, 4.69) is 0 Å². The zero-order chi connectivity index (χ0) is 12.1. The monoisotopic (exact) mass is 242 g/mol. The molecule has 5 nitrogen and oxygen atoms in total. The molecule has 1 heterocycles. The van der Waals surface area contributed by atoms with Crippen molar-refractivity contribution in [2.24, 2.45) is 0 Å². The van der Waals surface area contributed by atoms with Gasteiger partial charge < -0.3 is 15.4 Å². The van der Waals surface area contributed by atoms with Gasteiger partial charge in [0.1, 0.15) is 4.88 Å². The number of nitrogens with two attached hydrogens (primary N) is 1. The van der Waals surface area contributed by atoms with Gasteiger partial charge in [-0.05, 0) is 18.4 Å². The van der Waals surface area contributed by atoms with Gasteiger partial charge in [-0.1, -0.05) is 0 Å². The first-order valence-corrected chi connectivity index (χ1v) is 5.68. The predicted molar refractivity (Wildman–Crippen MR) is 62.3 cm³/mol. The molecule has 0 aliphatic carbocycles. The van der Waals surface area contributed by atoms with Crippen LogP contribution >= 0.6 is 11.3 Å². The van der Waals surface area contributed by atoms with E-state index in [1.54, 1.807) is 18.5 Å². The topological polar surface area (TPSA) is 72.6 Å². The number of amides is 1. The molecule has 0 aromatic carbocycles. The largest absolute Gasteiger partial charge is 0.451 e. The number of nitrogen functional groups attached to an aromatic ring is 1. The molecule has 0 saturated heterocycles. The van der Waals surface area contributed by atoms with Crippen LogP contribution in [0.25, 0.3) is 0 Å². The van der Waals surface area contributed by atoms with Crippen LogP contribution in [0.3, 0.4) is 0 Å². The van der Waals surface area contributed by atoms with Crippen molar-refractivity contribution in [2.75, 3.05) is 25.9 Å². The number of carbonyl (C=O) groups excluding carboxylic acids is 2. The maximum atomic E-state index is 11.5. The Kier molecular flexibility index (Phi) is 4.30. The van der Waals surface area contributed by atoms with Gasteiger partial charge in [0.25, 0.3) is 5.91 Å². The van der Waals surface area contributed by atoms with Gasteiger partial charge in [0, 0.05) is 13.6 Å². The summed E-state index contributed by atoms with van der Waals surface area (Å²) >= 11 is 1.20. The van der Waals surface area contributed by atoms with Crippen molar-refractivity contribution in [1.82, 2.24) is 4.90 Å². The number of carbonyl (C=O) groups is 2. The molecule has 1 rings (SSSR count). The summed E-state index contributed by atoms with van der Waals surface area (Å²) in [6.45, 7) is 2.18. The molecule has 0 spiro atoms. The van der Waals surface area contributed by atoms with Crippen molar-refractivity contribution >= 4 is 28.9 Å². The highest BCUT2D eigenvalue weighted by Crippen LogP contribution is 2.19. The number of hydrogen-bond acceptors (Lipinski definition) is 5. The third-order valence-electron chi connectivity index (χ3n) is 2.11. The fourth-order valence-corrected chi connectivity index (χ4v) is 1.67. The molecule has 0 atom stereocenters. The summed E-state index contributed by atoms with van der Waals surface area (Å²) in [5.74, 6) is -0.781. The normalized spacial score (nSPS) is 9.88. The first kappa shape index (κ1) is 12.5. The molecule has 0 bridgehead atoms. The molecule has 0 saturated carbocycles. The van der Waals surface area contributed by atoms with Gasteiger partial charge in [0.05, 0.1) is 5.69 Å². The van der Waals surface area contributed by atoms with Crippen molar-refractivity contribution in [3.05, 3.63) is 16.3 Å². The number of ether oxygens (including phenoxy) is 1. The van der Waals surface area contributed by atoms with Crippen LogP contribution in [0.1, 0.15) is 16.6 Å². The van der Waals surface area contributed by atoms with Crippen LogP contribution < -0.4 is 5.73 Å². The second kappa shape index (κ2) is 5.50. The molecule has 0 aliphatic heterocycles. The summed E-state index contributed by atoms with van der Waals surface area (Å²) in [5.41, 5.74) is 5.93. The van der Waals surface area contributed by atoms with Crippen molar-refractivity contribution in [2.45, 2.75) is 6.92 Å². The summed E-state index contributed by atoms with van der Waals surface area (Å²) in [5, 5.41) is 1.70. The maximum Gasteiger partial charge on any atom is 0.350 e. The van der Waals surface area contributed by atoms with E-state index in [0.29, 0.717) is 17.1 Å². The Bertz CT molecular complexity index is 389. The first-order chi connectivity index (χ1) is 7.56. The minimum atomic E-state index is -0.551. The SMILES string of the molecule is CCN(C)C(=O)COC(=O)c1sccc1N. The van der Waals surface area contributed by atoms with Crippen LogP contribution in [-0.2, 0) is 9.53 Å². The van der Waals surface area contributed by atoms with Gasteiger partial charge in [-0.15, -0.1) is 11.3 Å². The molecular formula is C10H14N2O3S. The Labute approximate surface area is 97.8 Å². The molecule has 1 amide bonds. The second-order valence-corrected chi connectivity index (χ2v) is 4.11. The predicted octanol–water partition coefficient (Wildman–Crippen LogP) is 0.965. The lowest BCUT2D eigenvalue weighted by atomic mass is 10.4. The number of nitrogens with zero attached hydrogens (tertiary/aromatic N) is 1.